The monoisotopic (exact) mass is 261 g/mol. The molecule has 0 aliphatic carbocycles. The lowest BCUT2D eigenvalue weighted by Gasteiger charge is -2.25. The molecule has 1 aliphatic rings. The van der Waals surface area contributed by atoms with Gasteiger partial charge in [0.2, 0.25) is 0 Å². The van der Waals surface area contributed by atoms with Crippen LogP contribution in [0.3, 0.4) is 0 Å². The summed E-state index contributed by atoms with van der Waals surface area (Å²) in [4.78, 5) is 18.7. The van der Waals surface area contributed by atoms with Crippen LogP contribution in [0.15, 0.2) is 18.3 Å². The molecule has 104 valence electrons. The highest BCUT2D eigenvalue weighted by Gasteiger charge is 2.21. The molecule has 0 radical (unpaired) electrons. The highest BCUT2D eigenvalue weighted by molar-refractivity contribution is 5.94. The van der Waals surface area contributed by atoms with Crippen LogP contribution in [0.5, 0.6) is 0 Å². The second-order valence-electron chi connectivity index (χ2n) is 5.23. The van der Waals surface area contributed by atoms with E-state index in [0.717, 1.165) is 37.3 Å². The maximum Gasteiger partial charge on any atom is 0.254 e. The number of carbonyl (C=O) groups is 1. The highest BCUT2D eigenvalue weighted by Crippen LogP contribution is 2.11. The lowest BCUT2D eigenvalue weighted by atomic mass is 10.1. The van der Waals surface area contributed by atoms with Crippen LogP contribution >= 0.6 is 0 Å². The predicted molar refractivity (Wildman–Crippen MR) is 76.2 cm³/mol. The summed E-state index contributed by atoms with van der Waals surface area (Å²) in [5, 5.41) is 3.46. The highest BCUT2D eigenvalue weighted by atomic mass is 16.2. The van der Waals surface area contributed by atoms with Crippen LogP contribution in [0, 0.1) is 6.92 Å². The van der Waals surface area contributed by atoms with Crippen LogP contribution < -0.4 is 5.32 Å². The number of pyridine rings is 1. The molecule has 2 heterocycles. The number of carbonyl (C=O) groups excluding carboxylic acids is 1. The Hall–Kier alpha value is -1.42. The fourth-order valence-corrected chi connectivity index (χ4v) is 2.59. The molecule has 0 saturated carbocycles. The number of aromatic nitrogens is 1. The van der Waals surface area contributed by atoms with Gasteiger partial charge in [0.15, 0.2) is 0 Å². The van der Waals surface area contributed by atoms with Gasteiger partial charge >= 0.3 is 0 Å². The zero-order chi connectivity index (χ0) is 13.7. The summed E-state index contributed by atoms with van der Waals surface area (Å²) < 4.78 is 0. The van der Waals surface area contributed by atoms with Crippen molar-refractivity contribution in [3.8, 4) is 0 Å². The first-order valence-corrected chi connectivity index (χ1v) is 7.16. The van der Waals surface area contributed by atoms with Gasteiger partial charge in [-0.3, -0.25) is 9.78 Å². The SMILES string of the molecule is CCCN(CC1CCCN1)C(=O)c1ccnc(C)c1. The number of nitrogens with zero attached hydrogens (tertiary/aromatic N) is 2. The number of hydrogen-bond acceptors (Lipinski definition) is 3. The molecule has 4 heteroatoms. The normalized spacial score (nSPS) is 18.5. The van der Waals surface area contributed by atoms with Gasteiger partial charge in [0.05, 0.1) is 0 Å². The Morgan fingerprint density at radius 3 is 3.05 bits per heavy atom. The zero-order valence-electron chi connectivity index (χ0n) is 11.9. The van der Waals surface area contributed by atoms with Crippen LogP contribution in [0.2, 0.25) is 0 Å². The van der Waals surface area contributed by atoms with Crippen molar-refractivity contribution in [2.45, 2.75) is 39.2 Å². The summed E-state index contributed by atoms with van der Waals surface area (Å²) in [5.74, 6) is 0.126. The molecule has 1 unspecified atom stereocenters. The first kappa shape index (κ1) is 14.0. The van der Waals surface area contributed by atoms with E-state index < -0.39 is 0 Å². The van der Waals surface area contributed by atoms with Gasteiger partial charge in [-0.15, -0.1) is 0 Å². The lowest BCUT2D eigenvalue weighted by Crippen LogP contribution is -2.41. The molecule has 1 fully saturated rings. The van der Waals surface area contributed by atoms with Crippen LogP contribution in [-0.2, 0) is 0 Å². The summed E-state index contributed by atoms with van der Waals surface area (Å²) >= 11 is 0. The lowest BCUT2D eigenvalue weighted by molar-refractivity contribution is 0.0741. The van der Waals surface area contributed by atoms with Crippen molar-refractivity contribution in [3.63, 3.8) is 0 Å². The Kier molecular flexibility index (Phi) is 4.91. The molecule has 1 aliphatic heterocycles. The summed E-state index contributed by atoms with van der Waals surface area (Å²) in [5.41, 5.74) is 1.64. The third-order valence-electron chi connectivity index (χ3n) is 3.53. The zero-order valence-corrected chi connectivity index (χ0v) is 11.9. The van der Waals surface area contributed by atoms with E-state index >= 15 is 0 Å². The Labute approximate surface area is 115 Å². The molecule has 1 aromatic rings. The minimum absolute atomic E-state index is 0.126. The average molecular weight is 261 g/mol. The van der Waals surface area contributed by atoms with E-state index in [-0.39, 0.29) is 5.91 Å². The van der Waals surface area contributed by atoms with Gasteiger partial charge < -0.3 is 10.2 Å². The van der Waals surface area contributed by atoms with Gasteiger partial charge in [0, 0.05) is 36.6 Å². The minimum Gasteiger partial charge on any atom is -0.337 e. The molecule has 1 saturated heterocycles. The molecule has 19 heavy (non-hydrogen) atoms. The van der Waals surface area contributed by atoms with Gasteiger partial charge in [0.1, 0.15) is 0 Å². The summed E-state index contributed by atoms with van der Waals surface area (Å²) in [6.45, 7) is 6.74. The second-order valence-corrected chi connectivity index (χ2v) is 5.23. The van der Waals surface area contributed by atoms with Crippen molar-refractivity contribution in [2.24, 2.45) is 0 Å². The Morgan fingerprint density at radius 2 is 2.42 bits per heavy atom. The molecule has 0 aromatic carbocycles. The maximum absolute atomic E-state index is 12.5. The predicted octanol–water partition coefficient (Wildman–Crippen LogP) is 1.99. The number of aryl methyl sites for hydroxylation is 1. The first-order valence-electron chi connectivity index (χ1n) is 7.16. The van der Waals surface area contributed by atoms with E-state index in [0.29, 0.717) is 6.04 Å². The number of amides is 1. The van der Waals surface area contributed by atoms with Crippen molar-refractivity contribution >= 4 is 5.91 Å². The largest absolute Gasteiger partial charge is 0.337 e. The van der Waals surface area contributed by atoms with Crippen molar-refractivity contribution in [1.29, 1.82) is 0 Å². The summed E-state index contributed by atoms with van der Waals surface area (Å²) in [6, 6.07) is 4.13. The Balaban J connectivity index is 2.06. The summed E-state index contributed by atoms with van der Waals surface area (Å²) in [7, 11) is 0. The van der Waals surface area contributed by atoms with Gasteiger partial charge in [-0.1, -0.05) is 6.92 Å². The van der Waals surface area contributed by atoms with E-state index in [1.54, 1.807) is 12.3 Å². The van der Waals surface area contributed by atoms with Crippen molar-refractivity contribution in [1.82, 2.24) is 15.2 Å². The first-order chi connectivity index (χ1) is 9.20. The molecular formula is C15H23N3O. The molecule has 1 aromatic heterocycles. The molecule has 0 spiro atoms. The van der Waals surface area contributed by atoms with Gasteiger partial charge in [-0.25, -0.2) is 0 Å². The molecular weight excluding hydrogens is 238 g/mol. The third-order valence-corrected chi connectivity index (χ3v) is 3.53. The molecule has 0 bridgehead atoms. The second kappa shape index (κ2) is 6.66. The van der Waals surface area contributed by atoms with Gasteiger partial charge in [-0.2, -0.15) is 0 Å². The van der Waals surface area contributed by atoms with Crippen LogP contribution in [0.25, 0.3) is 0 Å². The average Bonchev–Trinajstić information content (AvgIpc) is 2.90. The van der Waals surface area contributed by atoms with Crippen LogP contribution in [-0.4, -0.2) is 41.5 Å². The van der Waals surface area contributed by atoms with E-state index in [1.165, 1.54) is 12.8 Å². The van der Waals surface area contributed by atoms with Crippen molar-refractivity contribution in [2.75, 3.05) is 19.6 Å². The fraction of sp³-hybridized carbons (Fsp3) is 0.600. The fourth-order valence-electron chi connectivity index (χ4n) is 2.59. The summed E-state index contributed by atoms with van der Waals surface area (Å²) in [6.07, 6.45) is 5.08. The number of hydrogen-bond donors (Lipinski definition) is 1. The topological polar surface area (TPSA) is 45.2 Å². The number of rotatable bonds is 5. The Morgan fingerprint density at radius 1 is 1.58 bits per heavy atom. The van der Waals surface area contributed by atoms with Crippen LogP contribution in [0.4, 0.5) is 0 Å². The maximum atomic E-state index is 12.5. The molecule has 2 rings (SSSR count). The molecule has 4 nitrogen and oxygen atoms in total. The van der Waals surface area contributed by atoms with E-state index in [4.69, 9.17) is 0 Å². The standard InChI is InChI=1S/C15H23N3O/c1-3-9-18(11-14-5-4-7-17-14)15(19)13-6-8-16-12(2)10-13/h6,8,10,14,17H,3-5,7,9,11H2,1-2H3. The van der Waals surface area contributed by atoms with Gasteiger partial charge in [0.25, 0.3) is 5.91 Å². The molecule has 1 N–H and O–H groups in total. The third kappa shape index (κ3) is 3.77. The molecule has 1 atom stereocenters. The van der Waals surface area contributed by atoms with E-state index in [2.05, 4.69) is 17.2 Å². The molecule has 1 amide bonds. The van der Waals surface area contributed by atoms with Crippen molar-refractivity contribution < 1.29 is 4.79 Å². The Bertz CT molecular complexity index is 427. The van der Waals surface area contributed by atoms with Crippen LogP contribution in [0.1, 0.15) is 42.2 Å². The van der Waals surface area contributed by atoms with E-state index in [1.807, 2.05) is 17.9 Å². The van der Waals surface area contributed by atoms with Crippen molar-refractivity contribution in [3.05, 3.63) is 29.6 Å². The number of nitrogens with one attached hydrogen (secondary N) is 1. The smallest absolute Gasteiger partial charge is 0.254 e. The van der Waals surface area contributed by atoms with E-state index in [9.17, 15) is 4.79 Å². The minimum atomic E-state index is 0.126. The quantitative estimate of drug-likeness (QED) is 0.881. The van der Waals surface area contributed by atoms with Gasteiger partial charge in [-0.05, 0) is 44.9 Å².